The van der Waals surface area contributed by atoms with Crippen LogP contribution in [-0.2, 0) is 10.2 Å². The van der Waals surface area contributed by atoms with Gasteiger partial charge in [0, 0.05) is 18.6 Å². The fourth-order valence-corrected chi connectivity index (χ4v) is 3.36. The highest BCUT2D eigenvalue weighted by Crippen LogP contribution is 2.48. The second-order valence-electron chi connectivity index (χ2n) is 5.37. The summed E-state index contributed by atoms with van der Waals surface area (Å²) in [6.45, 7) is 4.10. The third-order valence-corrected chi connectivity index (χ3v) is 4.43. The lowest BCUT2D eigenvalue weighted by molar-refractivity contribution is -0.0179. The number of hydrogen-bond acceptors (Lipinski definition) is 3. The summed E-state index contributed by atoms with van der Waals surface area (Å²) in [7, 11) is 1.74. The van der Waals surface area contributed by atoms with Crippen molar-refractivity contribution in [3.63, 3.8) is 0 Å². The molecule has 0 aromatic heterocycles. The van der Waals surface area contributed by atoms with E-state index in [9.17, 15) is 0 Å². The molecule has 1 saturated heterocycles. The molecule has 2 aliphatic rings. The van der Waals surface area contributed by atoms with Crippen LogP contribution in [-0.4, -0.2) is 26.4 Å². The van der Waals surface area contributed by atoms with Crippen LogP contribution in [0.5, 0.6) is 5.75 Å². The Morgan fingerprint density at radius 1 is 1.50 bits per heavy atom. The van der Waals surface area contributed by atoms with Gasteiger partial charge < -0.3 is 14.8 Å². The molecule has 2 atom stereocenters. The summed E-state index contributed by atoms with van der Waals surface area (Å²) < 4.78 is 11.3. The van der Waals surface area contributed by atoms with Crippen molar-refractivity contribution in [3.8, 4) is 5.75 Å². The monoisotopic (exact) mass is 247 g/mol. The Labute approximate surface area is 108 Å². The van der Waals surface area contributed by atoms with E-state index in [0.717, 1.165) is 38.2 Å². The van der Waals surface area contributed by atoms with E-state index >= 15 is 0 Å². The van der Waals surface area contributed by atoms with E-state index in [-0.39, 0.29) is 5.41 Å². The predicted octanol–water partition coefficient (Wildman–Crippen LogP) is 2.95. The summed E-state index contributed by atoms with van der Waals surface area (Å²) in [5.74, 6) is 0.962. The SMILES string of the molecule is CCC1CC2(CCO1)CNc1c(OC)cccc12. The standard InChI is InChI=1S/C15H21NO2/c1-3-11-9-15(7-8-18-11)10-16-14-12(15)5-4-6-13(14)17-2/h4-6,11,16H,3,7-10H2,1-2H3. The van der Waals surface area contributed by atoms with Crippen molar-refractivity contribution in [1.82, 2.24) is 0 Å². The maximum absolute atomic E-state index is 5.83. The normalized spacial score (nSPS) is 30.0. The zero-order valence-corrected chi connectivity index (χ0v) is 11.2. The first-order valence-corrected chi connectivity index (χ1v) is 6.82. The summed E-state index contributed by atoms with van der Waals surface area (Å²) >= 11 is 0. The van der Waals surface area contributed by atoms with E-state index in [0.29, 0.717) is 6.10 Å². The Kier molecular flexibility index (Phi) is 2.94. The molecule has 18 heavy (non-hydrogen) atoms. The highest BCUT2D eigenvalue weighted by Gasteiger charge is 2.43. The van der Waals surface area contributed by atoms with E-state index in [1.165, 1.54) is 11.3 Å². The summed E-state index contributed by atoms with van der Waals surface area (Å²) in [4.78, 5) is 0. The second kappa shape index (κ2) is 4.47. The lowest BCUT2D eigenvalue weighted by atomic mass is 9.73. The first kappa shape index (κ1) is 11.8. The zero-order chi connectivity index (χ0) is 12.6. The summed E-state index contributed by atoms with van der Waals surface area (Å²) in [5, 5.41) is 3.54. The summed E-state index contributed by atoms with van der Waals surface area (Å²) in [5.41, 5.74) is 2.86. The number of para-hydroxylation sites is 1. The third kappa shape index (κ3) is 1.69. The van der Waals surface area contributed by atoms with Gasteiger partial charge in [0.2, 0.25) is 0 Å². The topological polar surface area (TPSA) is 30.5 Å². The number of hydrogen-bond donors (Lipinski definition) is 1. The van der Waals surface area contributed by atoms with Gasteiger partial charge in [-0.15, -0.1) is 0 Å². The smallest absolute Gasteiger partial charge is 0.142 e. The second-order valence-corrected chi connectivity index (χ2v) is 5.37. The van der Waals surface area contributed by atoms with Crippen LogP contribution in [0.3, 0.4) is 0 Å². The zero-order valence-electron chi connectivity index (χ0n) is 11.2. The molecular weight excluding hydrogens is 226 g/mol. The fourth-order valence-electron chi connectivity index (χ4n) is 3.36. The van der Waals surface area contributed by atoms with Crippen LogP contribution in [0, 0.1) is 0 Å². The molecular formula is C15H21NO2. The molecule has 0 aliphatic carbocycles. The van der Waals surface area contributed by atoms with Crippen LogP contribution >= 0.6 is 0 Å². The van der Waals surface area contributed by atoms with Crippen LogP contribution in [0.1, 0.15) is 31.7 Å². The Balaban J connectivity index is 1.98. The molecule has 2 unspecified atom stereocenters. The van der Waals surface area contributed by atoms with Crippen molar-refractivity contribution >= 4 is 5.69 Å². The molecule has 1 aromatic rings. The van der Waals surface area contributed by atoms with Gasteiger partial charge in [0.05, 0.1) is 18.9 Å². The fraction of sp³-hybridized carbons (Fsp3) is 0.600. The predicted molar refractivity (Wildman–Crippen MR) is 72.4 cm³/mol. The molecule has 1 N–H and O–H groups in total. The van der Waals surface area contributed by atoms with Gasteiger partial charge in [0.1, 0.15) is 5.75 Å². The molecule has 2 aliphatic heterocycles. The third-order valence-electron chi connectivity index (χ3n) is 4.43. The molecule has 1 fully saturated rings. The molecule has 3 rings (SSSR count). The minimum Gasteiger partial charge on any atom is -0.495 e. The van der Waals surface area contributed by atoms with Gasteiger partial charge in [-0.3, -0.25) is 0 Å². The highest BCUT2D eigenvalue weighted by atomic mass is 16.5. The number of nitrogens with one attached hydrogen (secondary N) is 1. The van der Waals surface area contributed by atoms with Crippen LogP contribution in [0.25, 0.3) is 0 Å². The van der Waals surface area contributed by atoms with Crippen molar-refractivity contribution in [2.24, 2.45) is 0 Å². The average Bonchev–Trinajstić information content (AvgIpc) is 2.78. The van der Waals surface area contributed by atoms with E-state index < -0.39 is 0 Å². The largest absolute Gasteiger partial charge is 0.495 e. The Morgan fingerprint density at radius 2 is 2.39 bits per heavy atom. The van der Waals surface area contributed by atoms with Crippen LogP contribution in [0.2, 0.25) is 0 Å². The van der Waals surface area contributed by atoms with Crippen LogP contribution in [0.15, 0.2) is 18.2 Å². The lowest BCUT2D eigenvalue weighted by Gasteiger charge is -2.38. The number of fused-ring (bicyclic) bond motifs is 2. The number of rotatable bonds is 2. The van der Waals surface area contributed by atoms with Gasteiger partial charge in [-0.25, -0.2) is 0 Å². The molecule has 0 saturated carbocycles. The van der Waals surface area contributed by atoms with Crippen LogP contribution in [0.4, 0.5) is 5.69 Å². The molecule has 0 bridgehead atoms. The van der Waals surface area contributed by atoms with E-state index in [2.05, 4.69) is 24.4 Å². The molecule has 0 radical (unpaired) electrons. The molecule has 2 heterocycles. The van der Waals surface area contributed by atoms with E-state index in [4.69, 9.17) is 9.47 Å². The number of anilines is 1. The minimum absolute atomic E-state index is 0.253. The van der Waals surface area contributed by atoms with Gasteiger partial charge in [-0.05, 0) is 30.9 Å². The van der Waals surface area contributed by atoms with Crippen LogP contribution < -0.4 is 10.1 Å². The van der Waals surface area contributed by atoms with Crippen molar-refractivity contribution in [2.75, 3.05) is 25.6 Å². The van der Waals surface area contributed by atoms with Gasteiger partial charge >= 0.3 is 0 Å². The molecule has 1 aromatic carbocycles. The lowest BCUT2D eigenvalue weighted by Crippen LogP contribution is -2.39. The number of ether oxygens (including phenoxy) is 2. The number of methoxy groups -OCH3 is 1. The average molecular weight is 247 g/mol. The van der Waals surface area contributed by atoms with Crippen molar-refractivity contribution in [1.29, 1.82) is 0 Å². The maximum atomic E-state index is 5.83. The van der Waals surface area contributed by atoms with Crippen molar-refractivity contribution < 1.29 is 9.47 Å². The first-order chi connectivity index (χ1) is 8.79. The Hall–Kier alpha value is -1.22. The van der Waals surface area contributed by atoms with Gasteiger partial charge in [0.15, 0.2) is 0 Å². The van der Waals surface area contributed by atoms with Crippen molar-refractivity contribution in [3.05, 3.63) is 23.8 Å². The Morgan fingerprint density at radius 3 is 3.17 bits per heavy atom. The molecule has 0 amide bonds. The van der Waals surface area contributed by atoms with Gasteiger partial charge in [-0.2, -0.15) is 0 Å². The van der Waals surface area contributed by atoms with E-state index in [1.54, 1.807) is 7.11 Å². The highest BCUT2D eigenvalue weighted by molar-refractivity contribution is 5.68. The molecule has 3 nitrogen and oxygen atoms in total. The molecule has 98 valence electrons. The van der Waals surface area contributed by atoms with Crippen molar-refractivity contribution in [2.45, 2.75) is 37.7 Å². The molecule has 3 heteroatoms. The summed E-state index contributed by atoms with van der Waals surface area (Å²) in [6, 6.07) is 6.38. The maximum Gasteiger partial charge on any atom is 0.142 e. The quantitative estimate of drug-likeness (QED) is 0.871. The minimum atomic E-state index is 0.253. The molecule has 1 spiro atoms. The Bertz CT molecular complexity index is 446. The summed E-state index contributed by atoms with van der Waals surface area (Å²) in [6.07, 6.45) is 3.73. The van der Waals surface area contributed by atoms with E-state index in [1.807, 2.05) is 6.07 Å². The van der Waals surface area contributed by atoms with Gasteiger partial charge in [-0.1, -0.05) is 19.1 Å². The van der Waals surface area contributed by atoms with Gasteiger partial charge in [0.25, 0.3) is 0 Å². The number of benzene rings is 1. The first-order valence-electron chi connectivity index (χ1n) is 6.82.